The van der Waals surface area contributed by atoms with Crippen LogP contribution in [0.2, 0.25) is 0 Å². The summed E-state index contributed by atoms with van der Waals surface area (Å²) in [5, 5.41) is 78.7. The molecule has 3 aliphatic rings. The number of carbonyl (C=O) groups excluding carboxylic acids is 14. The molecule has 44 nitrogen and oxygen atoms in total. The zero-order valence-electron chi connectivity index (χ0n) is 72.9. The molecule has 0 aliphatic carbocycles. The van der Waals surface area contributed by atoms with E-state index in [1.54, 1.807) is 78.9 Å². The van der Waals surface area contributed by atoms with Gasteiger partial charge >= 0.3 is 24.4 Å². The molecule has 0 spiro atoms. The molecule has 50 heteroatoms. The van der Waals surface area contributed by atoms with E-state index >= 15 is 0 Å². The number of fused-ring (bicyclic) bond motifs is 1. The molecule has 3 aliphatic heterocycles. The highest BCUT2D eigenvalue weighted by molar-refractivity contribution is 6.23. The number of aliphatic hydroxyl groups excluding tert-OH is 1. The monoisotopic (exact) mass is 1860 g/mol. The first kappa shape index (κ1) is 104. The van der Waals surface area contributed by atoms with Gasteiger partial charge in [0.2, 0.25) is 59.1 Å². The lowest BCUT2D eigenvalue weighted by molar-refractivity contribution is -0.388. The maximum absolute atomic E-state index is 14.8. The third kappa shape index (κ3) is 30.5. The number of nitrogens with zero attached hydrogens (tertiary/aromatic N) is 5. The van der Waals surface area contributed by atoms with Gasteiger partial charge in [0.1, 0.15) is 76.8 Å². The van der Waals surface area contributed by atoms with E-state index in [0.29, 0.717) is 57.2 Å². The van der Waals surface area contributed by atoms with Gasteiger partial charge in [-0.3, -0.25) is 88.6 Å². The largest absolute Gasteiger partial charge is 0.508 e. The molecular formula is C82H105F6N23O21. The molecule has 716 valence electrons. The molecule has 132 heavy (non-hydrogen) atoms. The summed E-state index contributed by atoms with van der Waals surface area (Å²) in [6, 6.07) is 2.64. The van der Waals surface area contributed by atoms with Crippen LogP contribution in [0.5, 0.6) is 5.75 Å². The average Bonchev–Trinajstić information content (AvgIpc) is 1.59. The second-order valence-corrected chi connectivity index (χ2v) is 33.0. The van der Waals surface area contributed by atoms with E-state index in [9.17, 15) is 124 Å². The van der Waals surface area contributed by atoms with Gasteiger partial charge in [-0.1, -0.05) is 58.0 Å². The van der Waals surface area contributed by atoms with Crippen molar-refractivity contribution in [3.05, 3.63) is 152 Å². The zero-order chi connectivity index (χ0) is 98.2. The number of guanidine groups is 1. The number of imidazole rings is 1. The molecule has 0 radical (unpaired) electrons. The minimum atomic E-state index is -4.99. The third-order valence-electron chi connectivity index (χ3n) is 20.3. The van der Waals surface area contributed by atoms with Crippen molar-refractivity contribution in [2.24, 2.45) is 23.3 Å². The second kappa shape index (κ2) is 46.1. The molecule has 16 amide bonds. The van der Waals surface area contributed by atoms with Crippen LogP contribution in [0.3, 0.4) is 0 Å². The van der Waals surface area contributed by atoms with Crippen LogP contribution in [0, 0.1) is 37.5 Å². The Kier molecular flexibility index (Phi) is 36.5. The highest BCUT2D eigenvalue weighted by Gasteiger charge is 2.48. The van der Waals surface area contributed by atoms with Crippen molar-refractivity contribution >= 4 is 123 Å². The first-order valence-corrected chi connectivity index (χ1v) is 41.2. The number of urea groups is 2. The number of benzene rings is 4. The van der Waals surface area contributed by atoms with Crippen LogP contribution < -0.4 is 85.7 Å². The number of hydrogen-bond acceptors (Lipinski definition) is 23. The number of nitro benzene ring substituents is 2. The molecule has 5 heterocycles. The number of para-hydroxylation sites is 1. The van der Waals surface area contributed by atoms with Crippen LogP contribution in [-0.2, 0) is 93.9 Å². The number of halogens is 6. The number of phenols is 1. The minimum absolute atomic E-state index is 0.00232. The number of ether oxygens (including phenoxy) is 1. The maximum atomic E-state index is 14.8. The van der Waals surface area contributed by atoms with Crippen LogP contribution in [0.1, 0.15) is 135 Å². The van der Waals surface area contributed by atoms with Crippen molar-refractivity contribution in [3.63, 3.8) is 0 Å². The van der Waals surface area contributed by atoms with E-state index in [1.165, 1.54) is 55.5 Å². The molecule has 0 bridgehead atoms. The summed E-state index contributed by atoms with van der Waals surface area (Å²) in [6.07, 6.45) is -4.90. The fraction of sp³-hybridized carbons (Fsp3) is 0.463. The number of likely N-dealkylation sites (tertiary alicyclic amines) is 1. The summed E-state index contributed by atoms with van der Waals surface area (Å²) in [5.41, 5.74) is 8.99. The standard InChI is InChI=1S/C59H84N18O14.C12H10F3N3O4.C11H11F3N2O3/c1-31(2)22-40(49(82)68-39(12-8-20-64-57(60)61)56(89)77-21-9-13-46(77)55(88)75-76-58(62)90)69-54(87)45(29-91-59(3,4)5)74-50(83)41(23-32-14-16-35(79)17-15-32)70-53(86)44(28-78)73-51(84)42(24-33-26-65-37-11-7-6-10-36(33)37)71-52(85)43(25-34-27-63-30-66-34)72-48(81)38-18-19-47(80)67-38;1-11(2)9(19)17(10(20)16-11)6-3-4-8(18(21)22)7(5-6)12(13,14)15;1-6(2)10(17)15-7-3-4-9(16(18)19)8(5-7)11(12,13)14/h6-7,10-11,14-17,26-27,30-31,38-46,65,78-79H,8-9,12-13,18-25,28-29H2,1-5H3,(H,63,66)(H,67,80)(H,68,82)(H,69,87)(H,70,86)(H,71,85)(H,72,81)(H,73,84)(H,74,83)(H,75,88)(H4,60,61,64)(H3,62,76,90);3-5H,1-2H3,(H,16,20);3-6H,1-2H3,(H,15,17)/t38-,39-,40-,41-,42-,43-,44-,45+,46-;;/m0../s1. The summed E-state index contributed by atoms with van der Waals surface area (Å²) in [7, 11) is 0. The number of nitro groups is 2. The van der Waals surface area contributed by atoms with Gasteiger partial charge in [0.15, 0.2) is 5.96 Å². The molecule has 22 N–H and O–H groups in total. The van der Waals surface area contributed by atoms with Crippen LogP contribution >= 0.6 is 0 Å². The van der Waals surface area contributed by atoms with Crippen LogP contribution in [0.4, 0.5) is 58.7 Å². The van der Waals surface area contributed by atoms with Crippen molar-refractivity contribution in [1.82, 2.24) is 83.9 Å². The molecule has 6 aromatic rings. The van der Waals surface area contributed by atoms with Gasteiger partial charge in [-0.05, 0) is 133 Å². The number of amides is 16. The molecule has 9 atom stereocenters. The number of anilines is 2. The Morgan fingerprint density at radius 2 is 1.23 bits per heavy atom. The number of hydrogen-bond donors (Lipinski definition) is 20. The fourth-order valence-corrected chi connectivity index (χ4v) is 13.6. The summed E-state index contributed by atoms with van der Waals surface area (Å²) >= 11 is 0. The lowest BCUT2D eigenvalue weighted by Gasteiger charge is -2.31. The second-order valence-electron chi connectivity index (χ2n) is 33.0. The predicted octanol–water partition coefficient (Wildman–Crippen LogP) is 2.76. The first-order chi connectivity index (χ1) is 61.7. The molecule has 9 rings (SSSR count). The normalized spacial score (nSPS) is 16.3. The SMILES string of the molecule is CC(C)C(=O)Nc1ccc([N+](=O)[O-])c(C(F)(F)F)c1.CC(C)C[C@H](NC(=O)[C@@H](COC(C)(C)C)NC(=O)[C@H](Cc1ccc(O)cc1)NC(=O)[C@H](CO)NC(=O)[C@H](Cc1c[nH]c2ccccc12)NC(=O)[C@H](Cc1c[nH]cn1)NC(=O)[C@@H]1CCC(=O)N1)C(=O)N[C@@H](CCCNC(=N)N)C(=O)N1CCC[C@H]1C(=O)NNC(N)=O.CC1(C)NC(=O)N(c2ccc([N+](=O)[O-])c(C(F)(F)F)c2)C1=O. The molecule has 3 fully saturated rings. The van der Waals surface area contributed by atoms with Gasteiger partial charge in [-0.25, -0.2) is 24.9 Å². The number of alkyl halides is 6. The summed E-state index contributed by atoms with van der Waals surface area (Å²) in [4.78, 5) is 218. The number of primary amides is 1. The van der Waals surface area contributed by atoms with E-state index in [-0.39, 0.29) is 106 Å². The van der Waals surface area contributed by atoms with Gasteiger partial charge in [-0.2, -0.15) is 26.3 Å². The Morgan fingerprint density at radius 3 is 1.78 bits per heavy atom. The number of aromatic nitrogens is 3. The number of nitrogens with one attached hydrogen (secondary N) is 16. The number of imide groups is 1. The Bertz CT molecular complexity index is 5220. The Balaban J connectivity index is 0.000000469. The van der Waals surface area contributed by atoms with Crippen molar-refractivity contribution in [3.8, 4) is 5.75 Å². The molecular weight excluding hydrogens is 1760 g/mol. The minimum Gasteiger partial charge on any atom is -0.508 e. The highest BCUT2D eigenvalue weighted by Crippen LogP contribution is 2.41. The molecule has 3 saturated heterocycles. The number of hydrazine groups is 1. The van der Waals surface area contributed by atoms with Crippen LogP contribution in [-0.4, -0.2) is 221 Å². The van der Waals surface area contributed by atoms with E-state index in [4.69, 9.17) is 21.6 Å². The molecule has 0 saturated carbocycles. The number of nitrogens with two attached hydrogens (primary N) is 2. The summed E-state index contributed by atoms with van der Waals surface area (Å²) < 4.78 is 82.8. The Labute approximate surface area is 749 Å². The lowest BCUT2D eigenvalue weighted by Crippen LogP contribution is -2.62. The zero-order valence-corrected chi connectivity index (χ0v) is 72.9. The number of aliphatic hydroxyl groups is 1. The number of H-pyrrole nitrogens is 2. The van der Waals surface area contributed by atoms with Gasteiger partial charge < -0.3 is 99.8 Å². The maximum Gasteiger partial charge on any atom is 0.423 e. The van der Waals surface area contributed by atoms with Gasteiger partial charge in [0, 0.05) is 85.8 Å². The van der Waals surface area contributed by atoms with Crippen molar-refractivity contribution in [2.75, 3.05) is 36.5 Å². The number of aromatic hydroxyl groups is 1. The van der Waals surface area contributed by atoms with E-state index < -0.39 is 206 Å². The van der Waals surface area contributed by atoms with Gasteiger partial charge in [0.25, 0.3) is 23.2 Å². The average molecular weight is 1860 g/mol. The molecule has 2 aromatic heterocycles. The third-order valence-corrected chi connectivity index (χ3v) is 20.3. The summed E-state index contributed by atoms with van der Waals surface area (Å²) in [6.45, 7) is 13.3. The topological polar surface area (TPSA) is 658 Å². The quantitative estimate of drug-likeness (QED) is 0.00511. The Hall–Kier alpha value is -14.6. The van der Waals surface area contributed by atoms with Gasteiger partial charge in [0.05, 0.1) is 46.4 Å². The fourth-order valence-electron chi connectivity index (χ4n) is 13.6. The number of carbonyl (C=O) groups is 14. The number of aromatic amines is 2. The van der Waals surface area contributed by atoms with Crippen LogP contribution in [0.15, 0.2) is 104 Å². The predicted molar refractivity (Wildman–Crippen MR) is 458 cm³/mol. The van der Waals surface area contributed by atoms with Crippen molar-refractivity contribution < 1.29 is 118 Å². The molecule has 0 unspecified atom stereocenters. The molecule has 4 aromatic carbocycles. The summed E-state index contributed by atoms with van der Waals surface area (Å²) in [5.74, 6) is -10.4. The van der Waals surface area contributed by atoms with E-state index in [2.05, 4.69) is 78.9 Å². The lowest BCUT2D eigenvalue weighted by atomic mass is 10.0. The van der Waals surface area contributed by atoms with E-state index in [0.717, 1.165) is 18.2 Å². The highest BCUT2D eigenvalue weighted by atomic mass is 19.4. The number of rotatable bonds is 36. The number of phenolic OH excluding ortho intramolecular Hbond substituents is 1. The van der Waals surface area contributed by atoms with E-state index in [1.807, 2.05) is 5.43 Å². The Morgan fingerprint density at radius 1 is 0.674 bits per heavy atom. The van der Waals surface area contributed by atoms with Gasteiger partial charge in [-0.15, -0.1) is 0 Å². The smallest absolute Gasteiger partial charge is 0.423 e. The first-order valence-electron chi connectivity index (χ1n) is 41.2. The van der Waals surface area contributed by atoms with Crippen molar-refractivity contribution in [1.29, 1.82) is 5.41 Å². The van der Waals surface area contributed by atoms with Crippen LogP contribution in [0.25, 0.3) is 10.9 Å². The van der Waals surface area contributed by atoms with Crippen molar-refractivity contribution in [2.45, 2.75) is 204 Å².